The van der Waals surface area contributed by atoms with Gasteiger partial charge in [0, 0.05) is 38.8 Å². The van der Waals surface area contributed by atoms with Gasteiger partial charge in [-0.15, -0.1) is 0 Å². The Bertz CT molecular complexity index is 656. The first-order chi connectivity index (χ1) is 14.1. The fourth-order valence-corrected chi connectivity index (χ4v) is 4.48. The Morgan fingerprint density at radius 2 is 1.69 bits per heavy atom. The normalized spacial score (nSPS) is 19.8. The molecule has 0 aromatic heterocycles. The van der Waals surface area contributed by atoms with E-state index in [0.29, 0.717) is 24.1 Å². The number of piperidine rings is 1. The van der Waals surface area contributed by atoms with Crippen molar-refractivity contribution in [3.05, 3.63) is 17.7 Å². The maximum absolute atomic E-state index is 10.1. The fourth-order valence-electron chi connectivity index (χ4n) is 4.48. The van der Waals surface area contributed by atoms with Gasteiger partial charge in [-0.25, -0.2) is 0 Å². The molecule has 2 aliphatic rings. The van der Waals surface area contributed by atoms with Gasteiger partial charge in [-0.1, -0.05) is 19.3 Å². The molecule has 0 radical (unpaired) electrons. The van der Waals surface area contributed by atoms with E-state index >= 15 is 0 Å². The SMILES string of the molecule is CN=C(NCc1cc(OC)c(O)c(OC)c1)NC1CCN(C2CCCCC2)CC1. The number of rotatable bonds is 6. The van der Waals surface area contributed by atoms with E-state index < -0.39 is 0 Å². The predicted octanol–water partition coefficient (Wildman–Crippen LogP) is 2.87. The van der Waals surface area contributed by atoms with E-state index in [-0.39, 0.29) is 5.75 Å². The summed E-state index contributed by atoms with van der Waals surface area (Å²) in [5.74, 6) is 1.62. The van der Waals surface area contributed by atoms with Crippen molar-refractivity contribution in [3.8, 4) is 17.2 Å². The van der Waals surface area contributed by atoms with Crippen molar-refractivity contribution >= 4 is 5.96 Å². The largest absolute Gasteiger partial charge is 0.502 e. The lowest BCUT2D eigenvalue weighted by molar-refractivity contribution is 0.119. The third-order valence-corrected chi connectivity index (χ3v) is 6.18. The standard InChI is InChI=1S/C22H36N4O3/c1-23-22(24-15-16-13-19(28-2)21(27)20(14-16)29-3)25-17-9-11-26(12-10-17)18-7-5-4-6-8-18/h13-14,17-18,27H,4-12,15H2,1-3H3,(H2,23,24,25). The van der Waals surface area contributed by atoms with Gasteiger partial charge in [-0.3, -0.25) is 4.99 Å². The van der Waals surface area contributed by atoms with Gasteiger partial charge in [0.25, 0.3) is 0 Å². The highest BCUT2D eigenvalue weighted by atomic mass is 16.5. The summed E-state index contributed by atoms with van der Waals surface area (Å²) in [5, 5.41) is 17.0. The second kappa shape index (κ2) is 10.6. The molecule has 2 fully saturated rings. The quantitative estimate of drug-likeness (QED) is 0.500. The highest BCUT2D eigenvalue weighted by Gasteiger charge is 2.26. The zero-order chi connectivity index (χ0) is 20.6. The molecule has 162 valence electrons. The Balaban J connectivity index is 1.49. The summed E-state index contributed by atoms with van der Waals surface area (Å²) in [7, 11) is 4.86. The smallest absolute Gasteiger partial charge is 0.200 e. The van der Waals surface area contributed by atoms with Gasteiger partial charge in [0.1, 0.15) is 0 Å². The van der Waals surface area contributed by atoms with E-state index in [1.54, 1.807) is 19.2 Å². The summed E-state index contributed by atoms with van der Waals surface area (Å²) in [6.07, 6.45) is 9.26. The molecule has 0 amide bonds. The number of likely N-dealkylation sites (tertiary alicyclic amines) is 1. The molecule has 7 nitrogen and oxygen atoms in total. The molecule has 1 heterocycles. The van der Waals surface area contributed by atoms with Crippen LogP contribution in [0.15, 0.2) is 17.1 Å². The highest BCUT2D eigenvalue weighted by Crippen LogP contribution is 2.37. The summed E-state index contributed by atoms with van der Waals surface area (Å²) in [4.78, 5) is 7.07. The number of phenolic OH excluding ortho intramolecular Hbond substituents is 1. The number of methoxy groups -OCH3 is 2. The Kier molecular flexibility index (Phi) is 7.86. The average molecular weight is 405 g/mol. The number of hydrogen-bond acceptors (Lipinski definition) is 5. The van der Waals surface area contributed by atoms with Crippen LogP contribution in [0.25, 0.3) is 0 Å². The minimum atomic E-state index is 0.0194. The topological polar surface area (TPSA) is 78.4 Å². The van der Waals surface area contributed by atoms with Crippen molar-refractivity contribution in [2.75, 3.05) is 34.4 Å². The maximum Gasteiger partial charge on any atom is 0.200 e. The maximum atomic E-state index is 10.1. The molecule has 1 aliphatic heterocycles. The molecule has 7 heteroatoms. The van der Waals surface area contributed by atoms with Crippen LogP contribution in [0.4, 0.5) is 0 Å². The molecule has 1 saturated heterocycles. The molecule has 3 N–H and O–H groups in total. The molecular formula is C22H36N4O3. The van der Waals surface area contributed by atoms with Gasteiger partial charge in [-0.05, 0) is 43.4 Å². The van der Waals surface area contributed by atoms with Crippen molar-refractivity contribution < 1.29 is 14.6 Å². The summed E-state index contributed by atoms with van der Waals surface area (Å²) in [5.41, 5.74) is 0.951. The van der Waals surface area contributed by atoms with E-state index in [9.17, 15) is 5.11 Å². The minimum absolute atomic E-state index is 0.0194. The van der Waals surface area contributed by atoms with Crippen LogP contribution in [-0.2, 0) is 6.54 Å². The first kappa shape index (κ1) is 21.6. The number of aliphatic imine (C=N–C) groups is 1. The molecule has 1 aliphatic carbocycles. The van der Waals surface area contributed by atoms with Crippen molar-refractivity contribution in [1.29, 1.82) is 0 Å². The summed E-state index contributed by atoms with van der Waals surface area (Å²) < 4.78 is 10.5. The molecule has 1 saturated carbocycles. The van der Waals surface area contributed by atoms with E-state index in [0.717, 1.165) is 30.4 Å². The monoisotopic (exact) mass is 404 g/mol. The molecule has 3 rings (SSSR count). The number of ether oxygens (including phenoxy) is 2. The van der Waals surface area contributed by atoms with E-state index in [2.05, 4.69) is 20.5 Å². The van der Waals surface area contributed by atoms with Crippen molar-refractivity contribution in [3.63, 3.8) is 0 Å². The average Bonchev–Trinajstić information content (AvgIpc) is 2.78. The molecule has 29 heavy (non-hydrogen) atoms. The van der Waals surface area contributed by atoms with Crippen LogP contribution in [0, 0.1) is 0 Å². The van der Waals surface area contributed by atoms with Crippen molar-refractivity contribution in [1.82, 2.24) is 15.5 Å². The molecule has 0 bridgehead atoms. The molecule has 1 aromatic rings. The minimum Gasteiger partial charge on any atom is -0.502 e. The Hall–Kier alpha value is -2.15. The van der Waals surface area contributed by atoms with Gasteiger partial charge < -0.3 is 30.1 Å². The number of guanidine groups is 1. The lowest BCUT2D eigenvalue weighted by Gasteiger charge is -2.39. The van der Waals surface area contributed by atoms with Crippen LogP contribution in [0.5, 0.6) is 17.2 Å². The number of aromatic hydroxyl groups is 1. The molecule has 0 spiro atoms. The molecule has 0 unspecified atom stereocenters. The summed E-state index contributed by atoms with van der Waals surface area (Å²) in [6.45, 7) is 2.91. The van der Waals surface area contributed by atoms with Crippen LogP contribution >= 0.6 is 0 Å². The predicted molar refractivity (Wildman–Crippen MR) is 116 cm³/mol. The van der Waals surface area contributed by atoms with Gasteiger partial charge in [0.05, 0.1) is 14.2 Å². The Morgan fingerprint density at radius 3 is 2.24 bits per heavy atom. The fraction of sp³-hybridized carbons (Fsp3) is 0.682. The second-order valence-electron chi connectivity index (χ2n) is 8.02. The van der Waals surface area contributed by atoms with Crippen LogP contribution < -0.4 is 20.1 Å². The van der Waals surface area contributed by atoms with E-state index in [1.807, 2.05) is 0 Å². The van der Waals surface area contributed by atoms with Gasteiger partial charge in [-0.2, -0.15) is 0 Å². The van der Waals surface area contributed by atoms with Crippen LogP contribution in [0.3, 0.4) is 0 Å². The van der Waals surface area contributed by atoms with Crippen LogP contribution in [0.2, 0.25) is 0 Å². The lowest BCUT2D eigenvalue weighted by atomic mass is 9.92. The molecular weight excluding hydrogens is 368 g/mol. The first-order valence-electron chi connectivity index (χ1n) is 10.8. The zero-order valence-corrected chi connectivity index (χ0v) is 18.0. The van der Waals surface area contributed by atoms with E-state index in [1.165, 1.54) is 59.4 Å². The molecule has 0 atom stereocenters. The summed E-state index contributed by atoms with van der Waals surface area (Å²) in [6, 6.07) is 4.87. The van der Waals surface area contributed by atoms with Crippen LogP contribution in [0.1, 0.15) is 50.5 Å². The van der Waals surface area contributed by atoms with E-state index in [4.69, 9.17) is 9.47 Å². The third kappa shape index (κ3) is 5.69. The highest BCUT2D eigenvalue weighted by molar-refractivity contribution is 5.80. The number of benzene rings is 1. The van der Waals surface area contributed by atoms with Gasteiger partial charge in [0.2, 0.25) is 5.75 Å². The van der Waals surface area contributed by atoms with Gasteiger partial charge >= 0.3 is 0 Å². The zero-order valence-electron chi connectivity index (χ0n) is 18.0. The number of hydrogen-bond donors (Lipinski definition) is 3. The Labute approximate surface area is 174 Å². The third-order valence-electron chi connectivity index (χ3n) is 6.18. The van der Waals surface area contributed by atoms with Crippen molar-refractivity contribution in [2.45, 2.75) is 63.6 Å². The van der Waals surface area contributed by atoms with Gasteiger partial charge in [0.15, 0.2) is 17.5 Å². The summed E-state index contributed by atoms with van der Waals surface area (Å²) >= 11 is 0. The Morgan fingerprint density at radius 1 is 1.07 bits per heavy atom. The second-order valence-corrected chi connectivity index (χ2v) is 8.02. The lowest BCUT2D eigenvalue weighted by Crippen LogP contribution is -2.50. The number of nitrogens with zero attached hydrogens (tertiary/aromatic N) is 2. The van der Waals surface area contributed by atoms with Crippen LogP contribution in [-0.4, -0.2) is 62.4 Å². The number of phenols is 1. The first-order valence-corrected chi connectivity index (χ1v) is 10.8. The van der Waals surface area contributed by atoms with Crippen molar-refractivity contribution in [2.24, 2.45) is 4.99 Å². The molecule has 1 aromatic carbocycles. The number of nitrogens with one attached hydrogen (secondary N) is 2.